The minimum absolute atomic E-state index is 0.146. The molecule has 3 atom stereocenters. The molecule has 4 heteroatoms. The van der Waals surface area contributed by atoms with Gasteiger partial charge in [0.25, 0.3) is 0 Å². The van der Waals surface area contributed by atoms with Gasteiger partial charge in [0.05, 0.1) is 18.1 Å². The lowest BCUT2D eigenvalue weighted by atomic mass is 9.88. The maximum atomic E-state index is 11.1. The van der Waals surface area contributed by atoms with Crippen molar-refractivity contribution in [3.8, 4) is 6.07 Å². The number of nitriles is 1. The summed E-state index contributed by atoms with van der Waals surface area (Å²) in [4.78, 5) is 11.1. The fourth-order valence-electron chi connectivity index (χ4n) is 2.12. The fourth-order valence-corrected chi connectivity index (χ4v) is 2.12. The molecule has 0 fully saturated rings. The number of ether oxygens (including phenoxy) is 1. The van der Waals surface area contributed by atoms with Crippen LogP contribution in [-0.4, -0.2) is 12.0 Å². The highest BCUT2D eigenvalue weighted by molar-refractivity contribution is 5.73. The van der Waals surface area contributed by atoms with E-state index in [1.807, 2.05) is 31.2 Å². The number of benzene rings is 1. The summed E-state index contributed by atoms with van der Waals surface area (Å²) in [6.07, 6.45) is -0.685. The van der Waals surface area contributed by atoms with E-state index in [2.05, 4.69) is 11.4 Å². The molecule has 0 radical (unpaired) electrons. The van der Waals surface area contributed by atoms with Crippen LogP contribution in [0.15, 0.2) is 24.3 Å². The number of hydrogen-bond acceptors (Lipinski definition) is 3. The van der Waals surface area contributed by atoms with E-state index in [9.17, 15) is 4.79 Å². The summed E-state index contributed by atoms with van der Waals surface area (Å²) in [5, 5.41) is 11.9. The average molecular weight is 230 g/mol. The summed E-state index contributed by atoms with van der Waals surface area (Å²) >= 11 is 0. The molecule has 0 saturated heterocycles. The molecule has 1 aromatic rings. The van der Waals surface area contributed by atoms with Crippen LogP contribution >= 0.6 is 0 Å². The molecule has 3 unspecified atom stereocenters. The fraction of sp³-hybridized carbons (Fsp3) is 0.385. The molecule has 1 aliphatic rings. The van der Waals surface area contributed by atoms with E-state index in [1.165, 1.54) is 6.92 Å². The van der Waals surface area contributed by atoms with Crippen LogP contribution in [0.2, 0.25) is 0 Å². The van der Waals surface area contributed by atoms with Gasteiger partial charge in [-0.1, -0.05) is 24.3 Å². The molecule has 0 aromatic heterocycles. The molecule has 4 nitrogen and oxygen atoms in total. The van der Waals surface area contributed by atoms with E-state index in [0.29, 0.717) is 0 Å². The molecule has 0 spiro atoms. The lowest BCUT2D eigenvalue weighted by Gasteiger charge is -2.33. The molecule has 1 amide bonds. The Bertz CT molecular complexity index is 479. The van der Waals surface area contributed by atoms with Gasteiger partial charge in [-0.25, -0.2) is 0 Å². The van der Waals surface area contributed by atoms with E-state index in [-0.39, 0.29) is 17.9 Å². The Labute approximate surface area is 100 Å². The first-order chi connectivity index (χ1) is 8.13. The highest BCUT2D eigenvalue weighted by Gasteiger charge is 2.33. The highest BCUT2D eigenvalue weighted by Crippen LogP contribution is 2.35. The molecule has 1 aromatic carbocycles. The van der Waals surface area contributed by atoms with Gasteiger partial charge in [0.1, 0.15) is 0 Å². The van der Waals surface area contributed by atoms with Crippen LogP contribution in [0.5, 0.6) is 0 Å². The van der Waals surface area contributed by atoms with Crippen molar-refractivity contribution < 1.29 is 9.53 Å². The Morgan fingerprint density at radius 1 is 1.41 bits per heavy atom. The Balaban J connectivity index is 2.42. The predicted octanol–water partition coefficient (Wildman–Crippen LogP) is 1.85. The SMILES string of the molecule is CC(=O)NC1OC(C)C(C#N)c2ccccc21. The lowest BCUT2D eigenvalue weighted by molar-refractivity contribution is -0.126. The normalized spacial score (nSPS) is 26.8. The first kappa shape index (κ1) is 11.6. The second-order valence-corrected chi connectivity index (χ2v) is 4.16. The van der Waals surface area contributed by atoms with Crippen LogP contribution in [-0.2, 0) is 9.53 Å². The molecule has 1 heterocycles. The van der Waals surface area contributed by atoms with Crippen molar-refractivity contribution in [1.29, 1.82) is 5.26 Å². The van der Waals surface area contributed by atoms with Crippen LogP contribution in [0.25, 0.3) is 0 Å². The molecule has 1 aliphatic heterocycles. The van der Waals surface area contributed by atoms with Gasteiger partial charge in [-0.05, 0) is 12.5 Å². The van der Waals surface area contributed by atoms with Gasteiger partial charge in [-0.15, -0.1) is 0 Å². The largest absolute Gasteiger partial charge is 0.349 e. The molecular weight excluding hydrogens is 216 g/mol. The number of hydrogen-bond donors (Lipinski definition) is 1. The molecule has 1 N–H and O–H groups in total. The molecule has 0 saturated carbocycles. The minimum Gasteiger partial charge on any atom is -0.349 e. The lowest BCUT2D eigenvalue weighted by Crippen LogP contribution is -2.37. The molecule has 2 rings (SSSR count). The summed E-state index contributed by atoms with van der Waals surface area (Å²) in [6.45, 7) is 3.30. The van der Waals surface area contributed by atoms with E-state index in [0.717, 1.165) is 11.1 Å². The summed E-state index contributed by atoms with van der Waals surface area (Å²) in [7, 11) is 0. The van der Waals surface area contributed by atoms with Crippen LogP contribution in [0.1, 0.15) is 37.1 Å². The standard InChI is InChI=1S/C13H14N2O2/c1-8-12(7-14)10-5-3-4-6-11(10)13(17-8)15-9(2)16/h3-6,8,12-13H,1-2H3,(H,15,16). The van der Waals surface area contributed by atoms with Gasteiger partial charge in [-0.3, -0.25) is 4.79 Å². The number of nitrogens with one attached hydrogen (secondary N) is 1. The Morgan fingerprint density at radius 2 is 2.06 bits per heavy atom. The quantitative estimate of drug-likeness (QED) is 0.800. The first-order valence-corrected chi connectivity index (χ1v) is 5.54. The maximum Gasteiger partial charge on any atom is 0.219 e. The van der Waals surface area contributed by atoms with Gasteiger partial charge in [0, 0.05) is 12.5 Å². The van der Waals surface area contributed by atoms with Gasteiger partial charge >= 0.3 is 0 Å². The van der Waals surface area contributed by atoms with Crippen LogP contribution in [0.4, 0.5) is 0 Å². The van der Waals surface area contributed by atoms with Crippen LogP contribution in [0.3, 0.4) is 0 Å². The third-order valence-corrected chi connectivity index (χ3v) is 2.91. The van der Waals surface area contributed by atoms with Gasteiger partial charge in [0.2, 0.25) is 5.91 Å². The van der Waals surface area contributed by atoms with Crippen molar-refractivity contribution >= 4 is 5.91 Å². The van der Waals surface area contributed by atoms with Crippen LogP contribution < -0.4 is 5.32 Å². The number of amides is 1. The second kappa shape index (κ2) is 4.56. The van der Waals surface area contributed by atoms with E-state index < -0.39 is 6.23 Å². The molecule has 0 aliphatic carbocycles. The van der Waals surface area contributed by atoms with E-state index >= 15 is 0 Å². The maximum absolute atomic E-state index is 11.1. The van der Waals surface area contributed by atoms with Crippen molar-refractivity contribution in [3.05, 3.63) is 35.4 Å². The van der Waals surface area contributed by atoms with Gasteiger partial charge in [0.15, 0.2) is 6.23 Å². The van der Waals surface area contributed by atoms with Crippen molar-refractivity contribution in [2.45, 2.75) is 32.1 Å². The molecule has 0 bridgehead atoms. The zero-order valence-corrected chi connectivity index (χ0v) is 9.81. The Kier molecular flexibility index (Phi) is 3.12. The smallest absolute Gasteiger partial charge is 0.219 e. The third kappa shape index (κ3) is 2.15. The molecular formula is C13H14N2O2. The zero-order chi connectivity index (χ0) is 12.4. The average Bonchev–Trinajstić information content (AvgIpc) is 2.28. The highest BCUT2D eigenvalue weighted by atomic mass is 16.5. The summed E-state index contributed by atoms with van der Waals surface area (Å²) in [5.74, 6) is -0.427. The first-order valence-electron chi connectivity index (χ1n) is 5.54. The topological polar surface area (TPSA) is 62.1 Å². The molecule has 88 valence electrons. The minimum atomic E-state index is -0.455. The number of fused-ring (bicyclic) bond motifs is 1. The predicted molar refractivity (Wildman–Crippen MR) is 61.9 cm³/mol. The van der Waals surface area contributed by atoms with Crippen molar-refractivity contribution in [2.24, 2.45) is 0 Å². The van der Waals surface area contributed by atoms with E-state index in [1.54, 1.807) is 0 Å². The monoisotopic (exact) mass is 230 g/mol. The number of nitrogens with zero attached hydrogens (tertiary/aromatic N) is 1. The Hall–Kier alpha value is -1.86. The second-order valence-electron chi connectivity index (χ2n) is 4.16. The van der Waals surface area contributed by atoms with Crippen molar-refractivity contribution in [1.82, 2.24) is 5.32 Å². The number of rotatable bonds is 1. The van der Waals surface area contributed by atoms with Gasteiger partial charge in [-0.2, -0.15) is 5.26 Å². The van der Waals surface area contributed by atoms with Crippen molar-refractivity contribution in [2.75, 3.05) is 0 Å². The molecule has 17 heavy (non-hydrogen) atoms. The zero-order valence-electron chi connectivity index (χ0n) is 9.81. The summed E-state index contributed by atoms with van der Waals surface area (Å²) in [5.41, 5.74) is 1.81. The van der Waals surface area contributed by atoms with Gasteiger partial charge < -0.3 is 10.1 Å². The van der Waals surface area contributed by atoms with Crippen LogP contribution in [0, 0.1) is 11.3 Å². The third-order valence-electron chi connectivity index (χ3n) is 2.91. The van der Waals surface area contributed by atoms with E-state index in [4.69, 9.17) is 10.00 Å². The summed E-state index contributed by atoms with van der Waals surface area (Å²) in [6, 6.07) is 9.81. The number of carbonyl (C=O) groups excluding carboxylic acids is 1. The number of carbonyl (C=O) groups is 1. The van der Waals surface area contributed by atoms with Crippen molar-refractivity contribution in [3.63, 3.8) is 0 Å². The summed E-state index contributed by atoms with van der Waals surface area (Å²) < 4.78 is 5.67. The Morgan fingerprint density at radius 3 is 2.65 bits per heavy atom.